The van der Waals surface area contributed by atoms with Crippen molar-refractivity contribution in [2.24, 2.45) is 4.40 Å². The Bertz CT molecular complexity index is 416. The summed E-state index contributed by atoms with van der Waals surface area (Å²) >= 11 is 0. The first-order valence-electron chi connectivity index (χ1n) is 4.26. The van der Waals surface area contributed by atoms with Gasteiger partial charge in [-0.15, -0.1) is 0 Å². The summed E-state index contributed by atoms with van der Waals surface area (Å²) in [6.07, 6.45) is 3.03. The van der Waals surface area contributed by atoms with Crippen LogP contribution in [0.4, 0.5) is 5.82 Å². The van der Waals surface area contributed by atoms with Crippen LogP contribution in [0.5, 0.6) is 0 Å². The Hall–Kier alpha value is -1.30. The molecule has 1 aliphatic rings. The van der Waals surface area contributed by atoms with Gasteiger partial charge in [0.15, 0.2) is 21.8 Å². The van der Waals surface area contributed by atoms with E-state index in [-0.39, 0.29) is 0 Å². The average molecular weight is 210 g/mol. The lowest BCUT2D eigenvalue weighted by Gasteiger charge is -2.11. The molecule has 1 aromatic rings. The van der Waals surface area contributed by atoms with E-state index in [0.29, 0.717) is 16.8 Å². The molecular formula is C8H10N4OS. The van der Waals surface area contributed by atoms with E-state index in [1.807, 2.05) is 13.8 Å². The highest BCUT2D eigenvalue weighted by atomic mass is 32.2. The largest absolute Gasteiger partial charge is 0.328 e. The van der Waals surface area contributed by atoms with Crippen molar-refractivity contribution in [3.63, 3.8) is 0 Å². The lowest BCUT2D eigenvalue weighted by atomic mass is 10.1. The fourth-order valence-electron chi connectivity index (χ4n) is 1.08. The van der Waals surface area contributed by atoms with Crippen molar-refractivity contribution in [1.82, 2.24) is 9.97 Å². The number of aromatic nitrogens is 2. The number of anilines is 1. The molecule has 1 N–H and O–H groups in total. The first kappa shape index (κ1) is 9.26. The number of hydrogen-bond acceptors (Lipinski definition) is 4. The maximum Gasteiger partial charge on any atom is 0.196 e. The smallest absolute Gasteiger partial charge is 0.196 e. The molecule has 74 valence electrons. The van der Waals surface area contributed by atoms with Crippen LogP contribution in [0, 0.1) is 0 Å². The van der Waals surface area contributed by atoms with E-state index < -0.39 is 11.0 Å². The van der Waals surface area contributed by atoms with Crippen LogP contribution in [0.15, 0.2) is 15.6 Å². The normalized spacial score (nSPS) is 19.2. The predicted molar refractivity (Wildman–Crippen MR) is 54.6 cm³/mol. The topological polar surface area (TPSA) is 67.2 Å². The average Bonchev–Trinajstić information content (AvgIpc) is 2.17. The molecule has 0 radical (unpaired) electrons. The van der Waals surface area contributed by atoms with Gasteiger partial charge in [-0.05, 0) is 5.92 Å². The maximum absolute atomic E-state index is 11.3. The fourth-order valence-corrected chi connectivity index (χ4v) is 1.74. The van der Waals surface area contributed by atoms with Gasteiger partial charge in [0.25, 0.3) is 0 Å². The predicted octanol–water partition coefficient (Wildman–Crippen LogP) is 1.08. The van der Waals surface area contributed by atoms with Gasteiger partial charge in [0.1, 0.15) is 6.34 Å². The quantitative estimate of drug-likeness (QED) is 0.753. The molecule has 2 heterocycles. The highest BCUT2D eigenvalue weighted by Gasteiger charge is 2.16. The molecule has 1 aliphatic heterocycles. The van der Waals surface area contributed by atoms with E-state index >= 15 is 0 Å². The van der Waals surface area contributed by atoms with E-state index in [9.17, 15) is 4.21 Å². The summed E-state index contributed by atoms with van der Waals surface area (Å²) in [6.45, 7) is 4.06. The standard InChI is InChI=1S/C8H10N4OS/c1-5(2)6-3-9-8-7(12-6)10-4-11-14(8)13/h3-5H,1-2H3,(H,10,11,12)/t14-/m0/s1. The minimum Gasteiger partial charge on any atom is -0.328 e. The molecule has 1 atom stereocenters. The van der Waals surface area contributed by atoms with Gasteiger partial charge in [0, 0.05) is 0 Å². The lowest BCUT2D eigenvalue weighted by Crippen LogP contribution is -2.12. The third kappa shape index (κ3) is 1.52. The second-order valence-electron chi connectivity index (χ2n) is 3.23. The lowest BCUT2D eigenvalue weighted by molar-refractivity contribution is 0.680. The van der Waals surface area contributed by atoms with Gasteiger partial charge in [-0.2, -0.15) is 4.40 Å². The molecule has 6 heteroatoms. The zero-order chi connectivity index (χ0) is 10.1. The first-order valence-corrected chi connectivity index (χ1v) is 5.37. The molecule has 0 fully saturated rings. The van der Waals surface area contributed by atoms with Crippen LogP contribution in [-0.2, 0) is 11.0 Å². The summed E-state index contributed by atoms with van der Waals surface area (Å²) in [6, 6.07) is 0. The molecule has 1 aromatic heterocycles. The van der Waals surface area contributed by atoms with Gasteiger partial charge in [-0.25, -0.2) is 14.2 Å². The van der Waals surface area contributed by atoms with E-state index in [1.165, 1.54) is 6.34 Å². The Balaban J connectivity index is 2.47. The Morgan fingerprint density at radius 1 is 1.50 bits per heavy atom. The number of nitrogens with zero attached hydrogens (tertiary/aromatic N) is 3. The Labute approximate surface area is 84.3 Å². The molecule has 0 aromatic carbocycles. The number of rotatable bonds is 1. The van der Waals surface area contributed by atoms with Crippen LogP contribution in [0.3, 0.4) is 0 Å². The van der Waals surface area contributed by atoms with Crippen LogP contribution >= 0.6 is 0 Å². The van der Waals surface area contributed by atoms with Gasteiger partial charge in [-0.1, -0.05) is 13.8 Å². The van der Waals surface area contributed by atoms with Crippen molar-refractivity contribution < 1.29 is 4.21 Å². The summed E-state index contributed by atoms with van der Waals surface area (Å²) in [4.78, 5) is 8.39. The molecule has 0 aliphatic carbocycles. The monoisotopic (exact) mass is 210 g/mol. The first-order chi connectivity index (χ1) is 6.68. The molecule has 0 bridgehead atoms. The number of nitrogens with one attached hydrogen (secondary N) is 1. The second-order valence-corrected chi connectivity index (χ2v) is 4.33. The van der Waals surface area contributed by atoms with Crippen LogP contribution in [-0.4, -0.2) is 20.5 Å². The van der Waals surface area contributed by atoms with E-state index in [4.69, 9.17) is 0 Å². The zero-order valence-electron chi connectivity index (χ0n) is 7.89. The van der Waals surface area contributed by atoms with Crippen molar-refractivity contribution in [3.8, 4) is 0 Å². The van der Waals surface area contributed by atoms with E-state index in [1.54, 1.807) is 6.20 Å². The van der Waals surface area contributed by atoms with Gasteiger partial charge < -0.3 is 5.32 Å². The van der Waals surface area contributed by atoms with Crippen molar-refractivity contribution in [2.75, 3.05) is 5.32 Å². The second kappa shape index (κ2) is 3.45. The Morgan fingerprint density at radius 3 is 3.00 bits per heavy atom. The summed E-state index contributed by atoms with van der Waals surface area (Å²) in [7, 11) is -1.40. The highest BCUT2D eigenvalue weighted by Crippen LogP contribution is 2.20. The minimum atomic E-state index is -1.40. The van der Waals surface area contributed by atoms with Crippen LogP contribution in [0.2, 0.25) is 0 Å². The Kier molecular flexibility index (Phi) is 2.28. The fraction of sp³-hybridized carbons (Fsp3) is 0.375. The highest BCUT2D eigenvalue weighted by molar-refractivity contribution is 7.84. The Morgan fingerprint density at radius 2 is 2.29 bits per heavy atom. The van der Waals surface area contributed by atoms with Crippen LogP contribution in [0.1, 0.15) is 25.5 Å². The minimum absolute atomic E-state index is 0.307. The van der Waals surface area contributed by atoms with Crippen molar-refractivity contribution in [3.05, 3.63) is 11.9 Å². The van der Waals surface area contributed by atoms with Gasteiger partial charge >= 0.3 is 0 Å². The number of fused-ring (bicyclic) bond motifs is 1. The third-order valence-electron chi connectivity index (χ3n) is 1.86. The molecule has 0 saturated carbocycles. The van der Waals surface area contributed by atoms with Crippen molar-refractivity contribution in [2.45, 2.75) is 24.8 Å². The molecule has 14 heavy (non-hydrogen) atoms. The molecule has 0 saturated heterocycles. The van der Waals surface area contributed by atoms with Gasteiger partial charge in [0.2, 0.25) is 0 Å². The van der Waals surface area contributed by atoms with Crippen molar-refractivity contribution in [1.29, 1.82) is 0 Å². The summed E-state index contributed by atoms with van der Waals surface area (Å²) in [5, 5.41) is 3.23. The zero-order valence-corrected chi connectivity index (χ0v) is 8.71. The van der Waals surface area contributed by atoms with Crippen molar-refractivity contribution >= 4 is 23.1 Å². The van der Waals surface area contributed by atoms with E-state index in [2.05, 4.69) is 19.7 Å². The molecular weight excluding hydrogens is 200 g/mol. The molecule has 0 spiro atoms. The molecule has 0 amide bonds. The molecule has 0 unspecified atom stereocenters. The summed E-state index contributed by atoms with van der Waals surface area (Å²) < 4.78 is 15.0. The third-order valence-corrected chi connectivity index (χ3v) is 2.79. The van der Waals surface area contributed by atoms with Crippen LogP contribution < -0.4 is 5.32 Å². The molecule has 2 rings (SSSR count). The van der Waals surface area contributed by atoms with Crippen LogP contribution in [0.25, 0.3) is 0 Å². The maximum atomic E-state index is 11.3. The summed E-state index contributed by atoms with van der Waals surface area (Å²) in [5.41, 5.74) is 0.878. The van der Waals surface area contributed by atoms with Gasteiger partial charge in [-0.3, -0.25) is 0 Å². The van der Waals surface area contributed by atoms with E-state index in [0.717, 1.165) is 5.69 Å². The summed E-state index contributed by atoms with van der Waals surface area (Å²) in [5.74, 6) is 0.853. The SMILES string of the molecule is CC(C)c1cnc2c(n1)NC=N[S@]2=O. The molecule has 5 nitrogen and oxygen atoms in total. The number of hydrogen-bond donors (Lipinski definition) is 1. The van der Waals surface area contributed by atoms with Gasteiger partial charge in [0.05, 0.1) is 11.9 Å².